The standard InChI is InChI=1S/C9H9BrO2S/c1-13-4-6-2-8-9(3-7(6)10)12-5-11-8/h2-3H,4-5H2,1H3. The van der Waals surface area contributed by atoms with Gasteiger partial charge in [0.15, 0.2) is 11.5 Å². The molecule has 70 valence electrons. The second-order valence-corrected chi connectivity index (χ2v) is 4.45. The maximum atomic E-state index is 5.29. The molecule has 0 aromatic heterocycles. The van der Waals surface area contributed by atoms with Crippen molar-refractivity contribution in [2.45, 2.75) is 5.75 Å². The van der Waals surface area contributed by atoms with E-state index in [4.69, 9.17) is 9.47 Å². The molecule has 0 fully saturated rings. The maximum Gasteiger partial charge on any atom is 0.231 e. The summed E-state index contributed by atoms with van der Waals surface area (Å²) in [5, 5.41) is 0. The van der Waals surface area contributed by atoms with E-state index in [1.807, 2.05) is 12.1 Å². The Morgan fingerprint density at radius 2 is 2.08 bits per heavy atom. The van der Waals surface area contributed by atoms with E-state index in [0.717, 1.165) is 21.7 Å². The zero-order valence-electron chi connectivity index (χ0n) is 7.17. The third-order valence-corrected chi connectivity index (χ3v) is 3.18. The molecule has 0 unspecified atom stereocenters. The number of rotatable bonds is 2. The van der Waals surface area contributed by atoms with Crippen LogP contribution in [0.2, 0.25) is 0 Å². The Kier molecular flexibility index (Phi) is 2.69. The SMILES string of the molecule is CSCc1cc2c(cc1Br)OCO2. The van der Waals surface area contributed by atoms with E-state index in [9.17, 15) is 0 Å². The molecule has 1 aliphatic heterocycles. The van der Waals surface area contributed by atoms with Crippen LogP contribution in [0.5, 0.6) is 11.5 Å². The zero-order chi connectivity index (χ0) is 9.26. The highest BCUT2D eigenvalue weighted by Gasteiger charge is 2.15. The van der Waals surface area contributed by atoms with Crippen LogP contribution in [0, 0.1) is 0 Å². The van der Waals surface area contributed by atoms with Gasteiger partial charge in [-0.15, -0.1) is 0 Å². The summed E-state index contributed by atoms with van der Waals surface area (Å²) < 4.78 is 11.6. The minimum absolute atomic E-state index is 0.338. The Morgan fingerprint density at radius 1 is 1.38 bits per heavy atom. The first-order chi connectivity index (χ1) is 6.31. The fourth-order valence-corrected chi connectivity index (χ4v) is 2.42. The molecule has 1 aromatic carbocycles. The molecule has 1 heterocycles. The number of ether oxygens (including phenoxy) is 2. The molecular weight excluding hydrogens is 252 g/mol. The lowest BCUT2D eigenvalue weighted by molar-refractivity contribution is 0.174. The minimum atomic E-state index is 0.338. The maximum absolute atomic E-state index is 5.29. The van der Waals surface area contributed by atoms with Gasteiger partial charge in [-0.05, 0) is 24.0 Å². The fraction of sp³-hybridized carbons (Fsp3) is 0.333. The van der Waals surface area contributed by atoms with Crippen LogP contribution in [0.1, 0.15) is 5.56 Å². The van der Waals surface area contributed by atoms with Crippen molar-refractivity contribution in [3.8, 4) is 11.5 Å². The van der Waals surface area contributed by atoms with Gasteiger partial charge < -0.3 is 9.47 Å². The number of halogens is 1. The lowest BCUT2D eigenvalue weighted by Gasteiger charge is -2.03. The average Bonchev–Trinajstić information content (AvgIpc) is 2.52. The predicted octanol–water partition coefficient (Wildman–Crippen LogP) is 3.04. The fourth-order valence-electron chi connectivity index (χ4n) is 1.23. The summed E-state index contributed by atoms with van der Waals surface area (Å²) in [6, 6.07) is 4.00. The van der Waals surface area contributed by atoms with Gasteiger partial charge in [0.25, 0.3) is 0 Å². The molecule has 0 radical (unpaired) electrons. The van der Waals surface area contributed by atoms with Crippen LogP contribution in [0.4, 0.5) is 0 Å². The first kappa shape index (κ1) is 9.21. The Morgan fingerprint density at radius 3 is 2.77 bits per heavy atom. The molecule has 1 aromatic rings. The first-order valence-electron chi connectivity index (χ1n) is 3.88. The molecule has 0 saturated carbocycles. The van der Waals surface area contributed by atoms with E-state index >= 15 is 0 Å². The van der Waals surface area contributed by atoms with E-state index in [2.05, 4.69) is 22.2 Å². The Hall–Kier alpha value is -0.350. The largest absolute Gasteiger partial charge is 0.454 e. The molecule has 0 bridgehead atoms. The van der Waals surface area contributed by atoms with Crippen molar-refractivity contribution in [1.29, 1.82) is 0 Å². The van der Waals surface area contributed by atoms with Gasteiger partial charge >= 0.3 is 0 Å². The van der Waals surface area contributed by atoms with Crippen molar-refractivity contribution < 1.29 is 9.47 Å². The second kappa shape index (κ2) is 3.80. The molecule has 0 atom stereocenters. The van der Waals surface area contributed by atoms with Crippen molar-refractivity contribution in [2.75, 3.05) is 13.0 Å². The van der Waals surface area contributed by atoms with Crippen molar-refractivity contribution in [3.05, 3.63) is 22.2 Å². The molecule has 0 amide bonds. The molecule has 1 aliphatic rings. The monoisotopic (exact) mass is 260 g/mol. The van der Waals surface area contributed by atoms with Gasteiger partial charge in [-0.1, -0.05) is 15.9 Å². The highest BCUT2D eigenvalue weighted by Crippen LogP contribution is 2.37. The van der Waals surface area contributed by atoms with Crippen molar-refractivity contribution in [3.63, 3.8) is 0 Å². The Bertz CT molecular complexity index is 328. The van der Waals surface area contributed by atoms with Gasteiger partial charge in [-0.2, -0.15) is 11.8 Å². The summed E-state index contributed by atoms with van der Waals surface area (Å²) in [5.74, 6) is 2.67. The van der Waals surface area contributed by atoms with Crippen LogP contribution in [-0.4, -0.2) is 13.0 Å². The highest BCUT2D eigenvalue weighted by atomic mass is 79.9. The Balaban J connectivity index is 2.37. The molecule has 2 rings (SSSR count). The molecule has 0 spiro atoms. The zero-order valence-corrected chi connectivity index (χ0v) is 9.57. The van der Waals surface area contributed by atoms with Crippen LogP contribution < -0.4 is 9.47 Å². The number of hydrogen-bond donors (Lipinski definition) is 0. The number of thioether (sulfide) groups is 1. The lowest BCUT2D eigenvalue weighted by atomic mass is 10.2. The summed E-state index contributed by atoms with van der Waals surface area (Å²) in [6.07, 6.45) is 2.08. The Labute approximate surface area is 89.7 Å². The lowest BCUT2D eigenvalue weighted by Crippen LogP contribution is -1.92. The smallest absolute Gasteiger partial charge is 0.231 e. The molecule has 2 nitrogen and oxygen atoms in total. The minimum Gasteiger partial charge on any atom is -0.454 e. The van der Waals surface area contributed by atoms with E-state index in [0.29, 0.717) is 6.79 Å². The number of benzene rings is 1. The third kappa shape index (κ3) is 1.79. The summed E-state index contributed by atoms with van der Waals surface area (Å²) in [7, 11) is 0. The summed E-state index contributed by atoms with van der Waals surface area (Å²) in [6.45, 7) is 0.338. The molecule has 0 saturated heterocycles. The highest BCUT2D eigenvalue weighted by molar-refractivity contribution is 9.10. The van der Waals surface area contributed by atoms with E-state index in [-0.39, 0.29) is 0 Å². The predicted molar refractivity (Wildman–Crippen MR) is 57.5 cm³/mol. The third-order valence-electron chi connectivity index (χ3n) is 1.84. The number of hydrogen-bond acceptors (Lipinski definition) is 3. The topological polar surface area (TPSA) is 18.5 Å². The molecule has 4 heteroatoms. The summed E-state index contributed by atoms with van der Waals surface area (Å²) in [5.41, 5.74) is 1.25. The van der Waals surface area contributed by atoms with Crippen molar-refractivity contribution in [1.82, 2.24) is 0 Å². The van der Waals surface area contributed by atoms with Gasteiger partial charge in [0, 0.05) is 10.2 Å². The van der Waals surface area contributed by atoms with Gasteiger partial charge in [0.2, 0.25) is 6.79 Å². The van der Waals surface area contributed by atoms with Gasteiger partial charge in [-0.3, -0.25) is 0 Å². The van der Waals surface area contributed by atoms with Gasteiger partial charge in [-0.25, -0.2) is 0 Å². The van der Waals surface area contributed by atoms with Crippen LogP contribution in [0.25, 0.3) is 0 Å². The molecular formula is C9H9BrO2S. The van der Waals surface area contributed by atoms with E-state index in [1.54, 1.807) is 11.8 Å². The van der Waals surface area contributed by atoms with Gasteiger partial charge in [0.05, 0.1) is 0 Å². The molecule has 0 aliphatic carbocycles. The molecule has 13 heavy (non-hydrogen) atoms. The number of fused-ring (bicyclic) bond motifs is 1. The van der Waals surface area contributed by atoms with Crippen LogP contribution in [0.3, 0.4) is 0 Å². The van der Waals surface area contributed by atoms with Crippen LogP contribution >= 0.6 is 27.7 Å². The molecule has 0 N–H and O–H groups in total. The van der Waals surface area contributed by atoms with Crippen molar-refractivity contribution >= 4 is 27.7 Å². The van der Waals surface area contributed by atoms with Crippen molar-refractivity contribution in [2.24, 2.45) is 0 Å². The van der Waals surface area contributed by atoms with Gasteiger partial charge in [0.1, 0.15) is 0 Å². The summed E-state index contributed by atoms with van der Waals surface area (Å²) >= 11 is 5.29. The van der Waals surface area contributed by atoms with Crippen LogP contribution in [0.15, 0.2) is 16.6 Å². The first-order valence-corrected chi connectivity index (χ1v) is 6.07. The normalized spacial score (nSPS) is 13.4. The van der Waals surface area contributed by atoms with E-state index in [1.165, 1.54) is 5.56 Å². The summed E-state index contributed by atoms with van der Waals surface area (Å²) in [4.78, 5) is 0. The average molecular weight is 261 g/mol. The van der Waals surface area contributed by atoms with Crippen LogP contribution in [-0.2, 0) is 5.75 Å². The quantitative estimate of drug-likeness (QED) is 0.815. The van der Waals surface area contributed by atoms with E-state index < -0.39 is 0 Å². The second-order valence-electron chi connectivity index (χ2n) is 2.73.